The second kappa shape index (κ2) is 6.99. The van der Waals surface area contributed by atoms with Crippen LogP contribution in [-0.4, -0.2) is 23.4 Å². The lowest BCUT2D eigenvalue weighted by Gasteiger charge is -2.31. The number of rotatable bonds is 5. The fraction of sp³-hybridized carbons (Fsp3) is 0.250. The van der Waals surface area contributed by atoms with Gasteiger partial charge in [0.15, 0.2) is 0 Å². The topological polar surface area (TPSA) is 40.5 Å². The van der Waals surface area contributed by atoms with E-state index in [9.17, 15) is 10.2 Å². The Morgan fingerprint density at radius 2 is 1.57 bits per heavy atom. The molecule has 0 aliphatic rings. The van der Waals surface area contributed by atoms with Crippen molar-refractivity contribution in [1.29, 1.82) is 0 Å². The molecule has 0 spiro atoms. The first-order valence-corrected chi connectivity index (χ1v) is 7.56. The fourth-order valence-electron chi connectivity index (χ4n) is 2.31. The Hall–Kier alpha value is -0.770. The Bertz CT molecular complexity index is 625. The molecule has 0 saturated heterocycles. The van der Waals surface area contributed by atoms with Gasteiger partial charge in [-0.15, -0.1) is 0 Å². The Labute approximate surface area is 138 Å². The summed E-state index contributed by atoms with van der Waals surface area (Å²) in [4.78, 5) is 0. The molecule has 2 nitrogen and oxygen atoms in total. The zero-order valence-corrected chi connectivity index (χ0v) is 13.5. The number of aliphatic hydroxyl groups excluding tert-OH is 2. The van der Waals surface area contributed by atoms with Crippen molar-refractivity contribution in [1.82, 2.24) is 0 Å². The molecule has 2 N–H and O–H groups in total. The molecule has 0 bridgehead atoms. The molecule has 0 fully saturated rings. The van der Waals surface area contributed by atoms with Gasteiger partial charge >= 0.3 is 0 Å². The molecule has 0 heterocycles. The number of halogens is 3. The van der Waals surface area contributed by atoms with Crippen LogP contribution in [0.5, 0.6) is 0 Å². The maximum Gasteiger partial charge on any atom is 0.0595 e. The predicted octanol–water partition coefficient (Wildman–Crippen LogP) is 4.11. The second-order valence-electron chi connectivity index (χ2n) is 5.03. The lowest BCUT2D eigenvalue weighted by Crippen LogP contribution is -2.37. The molecule has 0 amide bonds. The molecule has 21 heavy (non-hydrogen) atoms. The van der Waals surface area contributed by atoms with Gasteiger partial charge in [-0.2, -0.15) is 0 Å². The molecule has 112 valence electrons. The summed E-state index contributed by atoms with van der Waals surface area (Å²) >= 11 is 17.9. The zero-order chi connectivity index (χ0) is 15.5. The quantitative estimate of drug-likeness (QED) is 0.856. The van der Waals surface area contributed by atoms with E-state index in [0.717, 1.165) is 11.1 Å². The van der Waals surface area contributed by atoms with Crippen LogP contribution in [0, 0.1) is 0 Å². The molecule has 0 saturated carbocycles. The summed E-state index contributed by atoms with van der Waals surface area (Å²) < 4.78 is 0. The van der Waals surface area contributed by atoms with E-state index in [0.29, 0.717) is 21.5 Å². The van der Waals surface area contributed by atoms with Crippen LogP contribution in [0.4, 0.5) is 0 Å². The van der Waals surface area contributed by atoms with Gasteiger partial charge in [-0.3, -0.25) is 0 Å². The van der Waals surface area contributed by atoms with E-state index in [-0.39, 0.29) is 13.2 Å². The van der Waals surface area contributed by atoms with Gasteiger partial charge in [-0.05, 0) is 41.8 Å². The van der Waals surface area contributed by atoms with Crippen molar-refractivity contribution in [2.75, 3.05) is 13.2 Å². The monoisotopic (exact) mass is 344 g/mol. The maximum atomic E-state index is 9.84. The molecule has 0 aliphatic carbocycles. The minimum atomic E-state index is -0.817. The first-order chi connectivity index (χ1) is 10.0. The minimum Gasteiger partial charge on any atom is -0.395 e. The SMILES string of the molecule is OCC(CO)(Cc1ccc(Cl)c(Cl)c1)c1cccc(Cl)c1. The average molecular weight is 346 g/mol. The zero-order valence-electron chi connectivity index (χ0n) is 11.2. The Balaban J connectivity index is 2.40. The van der Waals surface area contributed by atoms with Crippen molar-refractivity contribution < 1.29 is 10.2 Å². The summed E-state index contributed by atoms with van der Waals surface area (Å²) in [6.45, 7) is -0.409. The van der Waals surface area contributed by atoms with Gasteiger partial charge in [0.25, 0.3) is 0 Å². The Morgan fingerprint density at radius 3 is 2.14 bits per heavy atom. The van der Waals surface area contributed by atoms with Gasteiger partial charge in [0.2, 0.25) is 0 Å². The van der Waals surface area contributed by atoms with Crippen LogP contribution in [0.25, 0.3) is 0 Å². The second-order valence-corrected chi connectivity index (χ2v) is 6.28. The minimum absolute atomic E-state index is 0.204. The molecular weight excluding hydrogens is 331 g/mol. The van der Waals surface area contributed by atoms with Crippen molar-refractivity contribution >= 4 is 34.8 Å². The number of hydrogen-bond donors (Lipinski definition) is 2. The third kappa shape index (κ3) is 3.71. The van der Waals surface area contributed by atoms with Crippen molar-refractivity contribution in [3.05, 3.63) is 68.7 Å². The summed E-state index contributed by atoms with van der Waals surface area (Å²) in [7, 11) is 0. The van der Waals surface area contributed by atoms with E-state index in [1.165, 1.54) is 0 Å². The summed E-state index contributed by atoms with van der Waals surface area (Å²) in [6.07, 6.45) is 0.428. The summed E-state index contributed by atoms with van der Waals surface area (Å²) in [5, 5.41) is 21.2. The van der Waals surface area contributed by atoms with Crippen LogP contribution in [-0.2, 0) is 11.8 Å². The van der Waals surface area contributed by atoms with Crippen LogP contribution in [0.3, 0.4) is 0 Å². The highest BCUT2D eigenvalue weighted by Crippen LogP contribution is 2.32. The lowest BCUT2D eigenvalue weighted by atomic mass is 9.77. The van der Waals surface area contributed by atoms with Crippen LogP contribution < -0.4 is 0 Å². The molecule has 5 heteroatoms. The lowest BCUT2D eigenvalue weighted by molar-refractivity contribution is 0.116. The summed E-state index contributed by atoms with van der Waals surface area (Å²) in [6, 6.07) is 12.4. The normalized spacial score (nSPS) is 11.7. The molecular formula is C16H15Cl3O2. The maximum absolute atomic E-state index is 9.84. The van der Waals surface area contributed by atoms with Gasteiger partial charge < -0.3 is 10.2 Å². The highest BCUT2D eigenvalue weighted by molar-refractivity contribution is 6.42. The molecule has 2 aromatic rings. The third-order valence-electron chi connectivity index (χ3n) is 3.57. The van der Waals surface area contributed by atoms with Gasteiger partial charge in [0, 0.05) is 10.4 Å². The number of benzene rings is 2. The van der Waals surface area contributed by atoms with Crippen LogP contribution >= 0.6 is 34.8 Å². The van der Waals surface area contributed by atoms with Crippen LogP contribution in [0.2, 0.25) is 15.1 Å². The third-order valence-corrected chi connectivity index (χ3v) is 4.54. The van der Waals surface area contributed by atoms with E-state index < -0.39 is 5.41 Å². The van der Waals surface area contributed by atoms with E-state index in [4.69, 9.17) is 34.8 Å². The average Bonchev–Trinajstić information content (AvgIpc) is 2.48. The molecule has 0 unspecified atom stereocenters. The molecule has 2 rings (SSSR count). The largest absolute Gasteiger partial charge is 0.395 e. The summed E-state index contributed by atoms with van der Waals surface area (Å²) in [5.41, 5.74) is 0.848. The molecule has 0 aliphatic heterocycles. The van der Waals surface area contributed by atoms with E-state index in [1.807, 2.05) is 12.1 Å². The molecule has 0 aromatic heterocycles. The standard InChI is InChI=1S/C16H15Cl3O2/c17-13-3-1-2-12(7-13)16(9-20,10-21)8-11-4-5-14(18)15(19)6-11/h1-7,20-21H,8-10H2. The fourth-order valence-corrected chi connectivity index (χ4v) is 2.82. The Morgan fingerprint density at radius 1 is 0.857 bits per heavy atom. The Kier molecular flexibility index (Phi) is 5.53. The van der Waals surface area contributed by atoms with Crippen molar-refractivity contribution in [2.24, 2.45) is 0 Å². The van der Waals surface area contributed by atoms with Gasteiger partial charge in [-0.25, -0.2) is 0 Å². The molecule has 0 atom stereocenters. The molecule has 2 aromatic carbocycles. The smallest absolute Gasteiger partial charge is 0.0595 e. The number of aliphatic hydroxyl groups is 2. The van der Waals surface area contributed by atoms with Gasteiger partial charge in [-0.1, -0.05) is 53.0 Å². The van der Waals surface area contributed by atoms with E-state index in [1.54, 1.807) is 30.3 Å². The van der Waals surface area contributed by atoms with Crippen molar-refractivity contribution in [3.63, 3.8) is 0 Å². The highest BCUT2D eigenvalue weighted by atomic mass is 35.5. The van der Waals surface area contributed by atoms with Gasteiger partial charge in [0.1, 0.15) is 0 Å². The van der Waals surface area contributed by atoms with E-state index in [2.05, 4.69) is 0 Å². The van der Waals surface area contributed by atoms with Crippen LogP contribution in [0.15, 0.2) is 42.5 Å². The van der Waals surface area contributed by atoms with Crippen molar-refractivity contribution in [2.45, 2.75) is 11.8 Å². The predicted molar refractivity (Wildman–Crippen MR) is 87.5 cm³/mol. The first-order valence-electron chi connectivity index (χ1n) is 6.42. The van der Waals surface area contributed by atoms with Crippen LogP contribution in [0.1, 0.15) is 11.1 Å². The number of hydrogen-bond acceptors (Lipinski definition) is 2. The van der Waals surface area contributed by atoms with Gasteiger partial charge in [0.05, 0.1) is 23.3 Å². The summed E-state index contributed by atoms with van der Waals surface area (Å²) in [5.74, 6) is 0. The highest BCUT2D eigenvalue weighted by Gasteiger charge is 2.31. The first kappa shape index (κ1) is 16.6. The van der Waals surface area contributed by atoms with Crippen molar-refractivity contribution in [3.8, 4) is 0 Å². The molecule has 0 radical (unpaired) electrons. The van der Waals surface area contributed by atoms with E-state index >= 15 is 0 Å².